The Labute approximate surface area is 152 Å². The van der Waals surface area contributed by atoms with Crippen LogP contribution in [0, 0.1) is 18.3 Å². The number of carbonyl (C=O) groups is 2. The van der Waals surface area contributed by atoms with E-state index >= 15 is 0 Å². The summed E-state index contributed by atoms with van der Waals surface area (Å²) in [4.78, 5) is 27.7. The number of hydrogen-bond acceptors (Lipinski definition) is 2. The molecule has 1 saturated heterocycles. The molecule has 3 nitrogen and oxygen atoms in total. The van der Waals surface area contributed by atoms with Crippen molar-refractivity contribution in [2.45, 2.75) is 13.3 Å². The zero-order valence-corrected chi connectivity index (χ0v) is 14.6. The number of Topliss-reactive ketones (excluding diaryl/α,β-unsaturated/α-hetero) is 1. The van der Waals surface area contributed by atoms with E-state index < -0.39 is 5.41 Å². The van der Waals surface area contributed by atoms with Crippen molar-refractivity contribution in [3.63, 3.8) is 0 Å². The van der Waals surface area contributed by atoms with Gasteiger partial charge in [-0.2, -0.15) is 0 Å². The van der Waals surface area contributed by atoms with E-state index in [1.807, 2.05) is 67.6 Å². The Morgan fingerprint density at radius 2 is 2.04 bits per heavy atom. The zero-order chi connectivity index (χ0) is 17.9. The Kier molecular flexibility index (Phi) is 3.11. The van der Waals surface area contributed by atoms with Crippen LogP contribution < -0.4 is 0 Å². The quantitative estimate of drug-likeness (QED) is 0.772. The average molecular weight is 341 g/mol. The van der Waals surface area contributed by atoms with E-state index in [-0.39, 0.29) is 17.6 Å². The summed E-state index contributed by atoms with van der Waals surface area (Å²) in [5, 5.41) is 0. The summed E-state index contributed by atoms with van der Waals surface area (Å²) in [7, 11) is 0. The third kappa shape index (κ3) is 2.07. The van der Waals surface area contributed by atoms with Crippen LogP contribution in [0.1, 0.15) is 33.5 Å². The molecule has 1 spiro atoms. The van der Waals surface area contributed by atoms with Gasteiger partial charge >= 0.3 is 0 Å². The van der Waals surface area contributed by atoms with Gasteiger partial charge in [0.2, 0.25) is 0 Å². The van der Waals surface area contributed by atoms with Crippen LogP contribution in [-0.4, -0.2) is 23.1 Å². The van der Waals surface area contributed by atoms with Crippen LogP contribution in [0.3, 0.4) is 0 Å². The Morgan fingerprint density at radius 1 is 1.19 bits per heavy atom. The third-order valence-electron chi connectivity index (χ3n) is 5.89. The van der Waals surface area contributed by atoms with Gasteiger partial charge in [-0.1, -0.05) is 54.1 Å². The fraction of sp³-hybridized carbons (Fsp3) is 0.217. The van der Waals surface area contributed by atoms with Crippen molar-refractivity contribution < 1.29 is 9.59 Å². The molecule has 0 aromatic heterocycles. The topological polar surface area (TPSA) is 37.4 Å². The van der Waals surface area contributed by atoms with Crippen molar-refractivity contribution in [1.82, 2.24) is 4.90 Å². The molecule has 5 rings (SSSR count). The van der Waals surface area contributed by atoms with Crippen LogP contribution >= 0.6 is 0 Å². The van der Waals surface area contributed by atoms with Crippen molar-refractivity contribution in [3.05, 3.63) is 82.6 Å². The number of benzene rings is 2. The van der Waals surface area contributed by atoms with Gasteiger partial charge in [0, 0.05) is 23.9 Å². The van der Waals surface area contributed by atoms with Crippen LogP contribution in [0.2, 0.25) is 0 Å². The normalized spacial score (nSPS) is 25.6. The highest BCUT2D eigenvalue weighted by molar-refractivity contribution is 6.12. The molecule has 0 N–H and O–H groups in total. The minimum absolute atomic E-state index is 0.0449. The molecule has 2 aliphatic carbocycles. The number of hydrogen-bond donors (Lipinski definition) is 0. The number of carbonyl (C=O) groups excluding carboxylic acids is 2. The molecule has 1 amide bonds. The maximum absolute atomic E-state index is 13.0. The van der Waals surface area contributed by atoms with Crippen molar-refractivity contribution in [1.29, 1.82) is 0 Å². The lowest BCUT2D eigenvalue weighted by molar-refractivity contribution is -0.123. The lowest BCUT2D eigenvalue weighted by Gasteiger charge is -2.27. The number of amides is 1. The molecule has 2 atom stereocenters. The van der Waals surface area contributed by atoms with Gasteiger partial charge in [0.05, 0.1) is 5.41 Å². The highest BCUT2D eigenvalue weighted by atomic mass is 16.2. The van der Waals surface area contributed by atoms with Gasteiger partial charge in [0.25, 0.3) is 5.91 Å². The maximum atomic E-state index is 13.0. The molecule has 1 saturated carbocycles. The monoisotopic (exact) mass is 341 g/mol. The number of fused-ring (bicyclic) bond motifs is 1. The first kappa shape index (κ1) is 15.3. The predicted octanol–water partition coefficient (Wildman–Crippen LogP) is 4.09. The first-order chi connectivity index (χ1) is 12.6. The molecule has 2 unspecified atom stereocenters. The summed E-state index contributed by atoms with van der Waals surface area (Å²) < 4.78 is 0. The number of allylic oxidation sites excluding steroid dienone is 1. The van der Waals surface area contributed by atoms with Gasteiger partial charge < -0.3 is 4.90 Å². The van der Waals surface area contributed by atoms with Crippen LogP contribution in [-0.2, 0) is 4.79 Å². The molecule has 3 heteroatoms. The summed E-state index contributed by atoms with van der Waals surface area (Å²) in [6, 6.07) is 15.7. The molecule has 1 aliphatic heterocycles. The van der Waals surface area contributed by atoms with E-state index in [1.165, 1.54) is 0 Å². The van der Waals surface area contributed by atoms with Gasteiger partial charge in [0.1, 0.15) is 0 Å². The highest BCUT2D eigenvalue weighted by Gasteiger charge is 2.69. The number of likely N-dealkylation sites (tertiary alicyclic amines) is 1. The van der Waals surface area contributed by atoms with Gasteiger partial charge in [0.15, 0.2) is 5.78 Å². The lowest BCUT2D eigenvalue weighted by atomic mass is 9.83. The second kappa shape index (κ2) is 5.28. The van der Waals surface area contributed by atoms with E-state index in [1.54, 1.807) is 11.0 Å². The Balaban J connectivity index is 1.48. The third-order valence-corrected chi connectivity index (χ3v) is 5.89. The summed E-state index contributed by atoms with van der Waals surface area (Å²) in [5.41, 5.74) is 4.34. The first-order valence-corrected chi connectivity index (χ1v) is 9.02. The molecule has 0 radical (unpaired) electrons. The maximum Gasteiger partial charge on any atom is 0.250 e. The molecule has 2 aromatic rings. The molecular formula is C23H19NO2. The minimum atomic E-state index is -0.443. The lowest BCUT2D eigenvalue weighted by Crippen LogP contribution is -2.32. The zero-order valence-electron chi connectivity index (χ0n) is 14.6. The standard InChI is InChI=1S/C23H19NO2/c1-15-5-4-6-16(11-15)9-10-21(25)24-14-18-13-23(18)20(24)12-17-7-2-3-8-19(17)22(23)26/h2-12,18H,13-14H2,1H3/b10-9+. The Hall–Kier alpha value is -2.94. The van der Waals surface area contributed by atoms with Crippen LogP contribution in [0.4, 0.5) is 0 Å². The van der Waals surface area contributed by atoms with Crippen molar-refractivity contribution in [2.75, 3.05) is 6.54 Å². The molecule has 3 aliphatic rings. The van der Waals surface area contributed by atoms with Gasteiger partial charge in [-0.15, -0.1) is 0 Å². The molecular weight excluding hydrogens is 322 g/mol. The van der Waals surface area contributed by atoms with Crippen LogP contribution in [0.25, 0.3) is 12.2 Å². The Morgan fingerprint density at radius 3 is 2.88 bits per heavy atom. The second-order valence-corrected chi connectivity index (χ2v) is 7.51. The van der Waals surface area contributed by atoms with E-state index in [0.29, 0.717) is 6.54 Å². The van der Waals surface area contributed by atoms with E-state index in [2.05, 4.69) is 0 Å². The molecule has 1 heterocycles. The summed E-state index contributed by atoms with van der Waals surface area (Å²) in [6.45, 7) is 2.68. The van der Waals surface area contributed by atoms with Crippen molar-refractivity contribution >= 4 is 23.8 Å². The predicted molar refractivity (Wildman–Crippen MR) is 101 cm³/mol. The molecule has 26 heavy (non-hydrogen) atoms. The largest absolute Gasteiger partial charge is 0.311 e. The molecule has 128 valence electrons. The van der Waals surface area contributed by atoms with Crippen molar-refractivity contribution in [2.24, 2.45) is 11.3 Å². The highest BCUT2D eigenvalue weighted by Crippen LogP contribution is 2.67. The van der Waals surface area contributed by atoms with Crippen LogP contribution in [0.15, 0.2) is 60.3 Å². The number of nitrogens with zero attached hydrogens (tertiary/aromatic N) is 1. The SMILES string of the molecule is Cc1cccc(/C=C/C(=O)N2CC3CC34C(=O)c3ccccc3C=C24)c1. The van der Waals surface area contributed by atoms with Crippen LogP contribution in [0.5, 0.6) is 0 Å². The summed E-state index contributed by atoms with van der Waals surface area (Å²) in [6.07, 6.45) is 6.39. The molecule has 0 bridgehead atoms. The Bertz CT molecular complexity index is 1020. The average Bonchev–Trinajstić information content (AvgIpc) is 3.27. The van der Waals surface area contributed by atoms with Crippen molar-refractivity contribution in [3.8, 4) is 0 Å². The first-order valence-electron chi connectivity index (χ1n) is 9.02. The number of piperidine rings is 1. The molecule has 2 fully saturated rings. The van der Waals surface area contributed by atoms with Gasteiger partial charge in [-0.3, -0.25) is 9.59 Å². The number of aryl methyl sites for hydroxylation is 1. The van der Waals surface area contributed by atoms with Gasteiger partial charge in [-0.05, 0) is 42.5 Å². The van der Waals surface area contributed by atoms with E-state index in [4.69, 9.17) is 0 Å². The number of ketones is 1. The van der Waals surface area contributed by atoms with Gasteiger partial charge in [-0.25, -0.2) is 0 Å². The summed E-state index contributed by atoms with van der Waals surface area (Å²) >= 11 is 0. The molecule has 2 aromatic carbocycles. The number of rotatable bonds is 2. The summed E-state index contributed by atoms with van der Waals surface area (Å²) in [5.74, 6) is 0.413. The fourth-order valence-electron chi connectivity index (χ4n) is 4.48. The minimum Gasteiger partial charge on any atom is -0.311 e. The second-order valence-electron chi connectivity index (χ2n) is 7.51. The smallest absolute Gasteiger partial charge is 0.250 e. The van der Waals surface area contributed by atoms with E-state index in [0.717, 1.165) is 34.4 Å². The van der Waals surface area contributed by atoms with E-state index in [9.17, 15) is 9.59 Å². The fourth-order valence-corrected chi connectivity index (χ4v) is 4.48.